The Bertz CT molecular complexity index is 1670. The van der Waals surface area contributed by atoms with E-state index in [0.29, 0.717) is 10.7 Å². The summed E-state index contributed by atoms with van der Waals surface area (Å²) in [6.45, 7) is 10.5. The van der Waals surface area contributed by atoms with Crippen molar-refractivity contribution in [3.05, 3.63) is 64.1 Å². The Labute approximate surface area is 311 Å². The third kappa shape index (κ3) is 10.4. The van der Waals surface area contributed by atoms with Crippen molar-refractivity contribution in [1.29, 1.82) is 0 Å². The number of aliphatic carboxylic acids is 1. The molecule has 5 rings (SSSR count). The molecule has 52 heavy (non-hydrogen) atoms. The number of anilines is 1. The number of amides is 3. The number of aromatic nitrogens is 2. The standard InChI is InChI=1S/C40H54N6O5S/c1-5-6-25-7-11-27(12-8-25)28-17-19-46(20-18-28)30-23-42-36(43-24-30)29-13-9-26(10-14-29)21-31(37(48)45-32(39(50)51)22-35(41)47)44-38(49)33-15-16-34(52-33)40(2,3)4/h9-10,13-16,23-25,27-28,31-32H,5-8,11-12,17-22H2,1-4H3,(H2,41,47)(H,44,49)(H,45,48)(H,50,51)/t25-,27-,31-,32+/m0/s1. The summed E-state index contributed by atoms with van der Waals surface area (Å²) in [6, 6.07) is 8.35. The van der Waals surface area contributed by atoms with Crippen molar-refractivity contribution in [2.45, 2.75) is 109 Å². The number of piperidine rings is 1. The molecule has 3 heterocycles. The van der Waals surface area contributed by atoms with Gasteiger partial charge in [0, 0.05) is 30.0 Å². The summed E-state index contributed by atoms with van der Waals surface area (Å²) in [7, 11) is 0. The van der Waals surface area contributed by atoms with E-state index < -0.39 is 42.2 Å². The number of benzene rings is 1. The number of thiophene rings is 1. The van der Waals surface area contributed by atoms with Crippen LogP contribution in [0.15, 0.2) is 48.8 Å². The number of carboxylic acid groups (broad SMARTS) is 1. The lowest BCUT2D eigenvalue weighted by Gasteiger charge is -2.39. The smallest absolute Gasteiger partial charge is 0.326 e. The highest BCUT2D eigenvalue weighted by atomic mass is 32.1. The Morgan fingerprint density at radius 1 is 0.904 bits per heavy atom. The van der Waals surface area contributed by atoms with Crippen molar-refractivity contribution in [3.63, 3.8) is 0 Å². The van der Waals surface area contributed by atoms with Crippen molar-refractivity contribution in [2.24, 2.45) is 23.5 Å². The van der Waals surface area contributed by atoms with Gasteiger partial charge in [-0.05, 0) is 66.5 Å². The van der Waals surface area contributed by atoms with Crippen molar-refractivity contribution in [1.82, 2.24) is 20.6 Å². The Balaban J connectivity index is 1.21. The van der Waals surface area contributed by atoms with Crippen LogP contribution in [0.1, 0.15) is 106 Å². The maximum Gasteiger partial charge on any atom is 0.326 e. The van der Waals surface area contributed by atoms with Gasteiger partial charge in [-0.3, -0.25) is 14.4 Å². The molecule has 0 unspecified atom stereocenters. The summed E-state index contributed by atoms with van der Waals surface area (Å²) in [5.41, 5.74) is 7.63. The van der Waals surface area contributed by atoms with Crippen LogP contribution in [0.5, 0.6) is 0 Å². The Hall–Kier alpha value is -4.32. The maximum absolute atomic E-state index is 13.4. The molecule has 1 aromatic carbocycles. The van der Waals surface area contributed by atoms with Crippen molar-refractivity contribution < 1.29 is 24.3 Å². The number of primary amides is 1. The van der Waals surface area contributed by atoms with Crippen LogP contribution in [-0.2, 0) is 26.2 Å². The lowest BCUT2D eigenvalue weighted by Crippen LogP contribution is -2.53. The summed E-state index contributed by atoms with van der Waals surface area (Å²) >= 11 is 1.34. The molecule has 0 radical (unpaired) electrons. The third-order valence-electron chi connectivity index (χ3n) is 10.7. The molecule has 1 aliphatic heterocycles. The molecule has 2 aromatic heterocycles. The first-order chi connectivity index (χ1) is 24.8. The van der Waals surface area contributed by atoms with Crippen molar-refractivity contribution in [3.8, 4) is 11.4 Å². The van der Waals surface area contributed by atoms with Crippen LogP contribution >= 0.6 is 11.3 Å². The summed E-state index contributed by atoms with van der Waals surface area (Å²) in [4.78, 5) is 63.1. The Kier molecular flexibility index (Phi) is 13.1. The quantitative estimate of drug-likeness (QED) is 0.154. The largest absolute Gasteiger partial charge is 0.480 e. The van der Waals surface area contributed by atoms with Gasteiger partial charge >= 0.3 is 5.97 Å². The van der Waals surface area contributed by atoms with Gasteiger partial charge < -0.3 is 26.4 Å². The SMILES string of the molecule is CCC[C@H]1CC[C@H](C2CCN(c3cnc(-c4ccc(C[C@H](NC(=O)c5ccc(C(C)(C)C)s5)C(=O)N[C@H](CC(N)=O)C(=O)O)cc4)nc3)CC2)CC1. The molecule has 12 heteroatoms. The van der Waals surface area contributed by atoms with E-state index in [9.17, 15) is 24.3 Å². The molecule has 2 aliphatic rings. The first kappa shape index (κ1) is 38.9. The Morgan fingerprint density at radius 2 is 1.54 bits per heavy atom. The highest BCUT2D eigenvalue weighted by Gasteiger charge is 2.31. The topological polar surface area (TPSA) is 168 Å². The highest BCUT2D eigenvalue weighted by molar-refractivity contribution is 7.14. The number of nitrogens with two attached hydrogens (primary N) is 1. The number of rotatable bonds is 14. The van der Waals surface area contributed by atoms with Crippen LogP contribution < -0.4 is 21.3 Å². The fourth-order valence-corrected chi connectivity index (χ4v) is 8.59. The summed E-state index contributed by atoms with van der Waals surface area (Å²) in [5.74, 6) is -0.229. The minimum absolute atomic E-state index is 0.0776. The van der Waals surface area contributed by atoms with Gasteiger partial charge in [0.25, 0.3) is 5.91 Å². The second-order valence-corrected chi connectivity index (χ2v) is 16.7. The number of carbonyl (C=O) groups excluding carboxylic acids is 3. The van der Waals surface area contributed by atoms with Gasteiger partial charge in [-0.15, -0.1) is 11.3 Å². The zero-order valence-electron chi connectivity index (χ0n) is 30.9. The molecule has 0 spiro atoms. The number of carbonyl (C=O) groups is 4. The number of carboxylic acids is 1. The van der Waals surface area contributed by atoms with Crippen LogP contribution in [0, 0.1) is 17.8 Å². The molecule has 3 aromatic rings. The molecule has 280 valence electrons. The molecule has 1 saturated heterocycles. The number of nitrogens with one attached hydrogen (secondary N) is 2. The lowest BCUT2D eigenvalue weighted by molar-refractivity contribution is -0.143. The predicted molar refractivity (Wildman–Crippen MR) is 204 cm³/mol. The van der Waals surface area contributed by atoms with Gasteiger partial charge in [0.1, 0.15) is 12.1 Å². The van der Waals surface area contributed by atoms with E-state index in [1.165, 1.54) is 62.7 Å². The number of nitrogens with zero attached hydrogens (tertiary/aromatic N) is 3. The molecule has 3 amide bonds. The molecule has 2 fully saturated rings. The van der Waals surface area contributed by atoms with E-state index in [0.717, 1.165) is 52.5 Å². The highest BCUT2D eigenvalue weighted by Crippen LogP contribution is 2.39. The maximum atomic E-state index is 13.4. The van der Waals surface area contributed by atoms with Crippen LogP contribution in [0.25, 0.3) is 11.4 Å². The van der Waals surface area contributed by atoms with Crippen LogP contribution in [-0.4, -0.2) is 63.9 Å². The number of hydrogen-bond donors (Lipinski definition) is 4. The number of hydrogen-bond acceptors (Lipinski definition) is 8. The normalized spacial score (nSPS) is 19.4. The molecule has 1 aliphatic carbocycles. The second kappa shape index (κ2) is 17.5. The zero-order valence-corrected chi connectivity index (χ0v) is 31.7. The lowest BCUT2D eigenvalue weighted by atomic mass is 9.72. The fraction of sp³-hybridized carbons (Fsp3) is 0.550. The fourth-order valence-electron chi connectivity index (χ4n) is 7.62. The van der Waals surface area contributed by atoms with Gasteiger partial charge in [-0.25, -0.2) is 14.8 Å². The van der Waals surface area contributed by atoms with E-state index in [4.69, 9.17) is 5.73 Å². The molecular formula is C40H54N6O5S. The van der Waals surface area contributed by atoms with E-state index in [-0.39, 0.29) is 11.8 Å². The first-order valence-electron chi connectivity index (χ1n) is 18.7. The second-order valence-electron chi connectivity index (χ2n) is 15.6. The summed E-state index contributed by atoms with van der Waals surface area (Å²) in [6.07, 6.45) is 14.0. The van der Waals surface area contributed by atoms with E-state index in [2.05, 4.69) is 32.4 Å². The monoisotopic (exact) mass is 730 g/mol. The van der Waals surface area contributed by atoms with E-state index in [1.807, 2.05) is 63.5 Å². The zero-order chi connectivity index (χ0) is 37.4. The summed E-state index contributed by atoms with van der Waals surface area (Å²) in [5, 5.41) is 14.7. The van der Waals surface area contributed by atoms with Crippen LogP contribution in [0.3, 0.4) is 0 Å². The molecule has 1 saturated carbocycles. The predicted octanol–water partition coefficient (Wildman–Crippen LogP) is 6.11. The van der Waals surface area contributed by atoms with Gasteiger partial charge in [0.05, 0.1) is 29.4 Å². The van der Waals surface area contributed by atoms with E-state index in [1.54, 1.807) is 6.07 Å². The molecule has 5 N–H and O–H groups in total. The Morgan fingerprint density at radius 3 is 2.10 bits per heavy atom. The minimum atomic E-state index is -1.53. The van der Waals surface area contributed by atoms with Gasteiger partial charge in [0.2, 0.25) is 11.8 Å². The molecule has 2 atom stereocenters. The van der Waals surface area contributed by atoms with Crippen LogP contribution in [0.4, 0.5) is 5.69 Å². The summed E-state index contributed by atoms with van der Waals surface area (Å²) < 4.78 is 0. The van der Waals surface area contributed by atoms with Crippen molar-refractivity contribution >= 4 is 40.7 Å². The minimum Gasteiger partial charge on any atom is -0.480 e. The van der Waals surface area contributed by atoms with Crippen LogP contribution in [0.2, 0.25) is 0 Å². The van der Waals surface area contributed by atoms with E-state index >= 15 is 0 Å². The third-order valence-corrected chi connectivity index (χ3v) is 12.2. The van der Waals surface area contributed by atoms with Gasteiger partial charge in [-0.1, -0.05) is 77.6 Å². The van der Waals surface area contributed by atoms with Gasteiger partial charge in [0.15, 0.2) is 5.82 Å². The molecule has 0 bridgehead atoms. The first-order valence-corrected chi connectivity index (χ1v) is 19.5. The average Bonchev–Trinajstić information content (AvgIpc) is 3.64. The van der Waals surface area contributed by atoms with Gasteiger partial charge in [-0.2, -0.15) is 0 Å². The molecule has 11 nitrogen and oxygen atoms in total. The average molecular weight is 731 g/mol. The van der Waals surface area contributed by atoms with Crippen molar-refractivity contribution in [2.75, 3.05) is 18.0 Å². The molecular weight excluding hydrogens is 677 g/mol.